The molecular weight excluding hydrogens is 456 g/mol. The molecule has 3 heterocycles. The largest absolute Gasteiger partial charge is 0.333 e. The van der Waals surface area contributed by atoms with Crippen molar-refractivity contribution in [3.8, 4) is 0 Å². The lowest BCUT2D eigenvalue weighted by molar-refractivity contribution is -0.134. The zero-order chi connectivity index (χ0) is 23.4. The number of primary sulfonamides is 1. The van der Waals surface area contributed by atoms with Gasteiger partial charge in [0.1, 0.15) is 17.0 Å². The summed E-state index contributed by atoms with van der Waals surface area (Å²) in [5.74, 6) is -0.142. The molecule has 1 fully saturated rings. The third-order valence-corrected chi connectivity index (χ3v) is 7.09. The normalized spacial score (nSPS) is 17.9. The maximum Gasteiger partial charge on any atom is 0.333 e. The lowest BCUT2D eigenvalue weighted by atomic mass is 9.80. The summed E-state index contributed by atoms with van der Waals surface area (Å²) >= 11 is 0. The SMILES string of the molecule is NS(=O)(=O)c1ccc(Nc2ncc3cc4n(c3n2)C2(CCCCC2)C(=O)NN4C(F)F)cc1. The van der Waals surface area contributed by atoms with E-state index in [0.717, 1.165) is 19.3 Å². The van der Waals surface area contributed by atoms with Crippen molar-refractivity contribution in [1.82, 2.24) is 20.0 Å². The predicted octanol–water partition coefficient (Wildman–Crippen LogP) is 2.56. The van der Waals surface area contributed by atoms with Gasteiger partial charge >= 0.3 is 6.55 Å². The van der Waals surface area contributed by atoms with Crippen LogP contribution in [0.15, 0.2) is 41.4 Å². The van der Waals surface area contributed by atoms with Crippen molar-refractivity contribution < 1.29 is 22.0 Å². The fraction of sp³-hybridized carbons (Fsp3) is 0.350. The van der Waals surface area contributed by atoms with E-state index in [0.29, 0.717) is 34.6 Å². The molecule has 0 bridgehead atoms. The van der Waals surface area contributed by atoms with Crippen molar-refractivity contribution in [2.24, 2.45) is 5.14 Å². The first-order valence-corrected chi connectivity index (χ1v) is 11.9. The minimum atomic E-state index is -3.82. The van der Waals surface area contributed by atoms with Gasteiger partial charge in [-0.15, -0.1) is 0 Å². The molecule has 1 spiro atoms. The standard InChI is InChI=1S/C20H21F2N7O3S/c21-18(22)29-15-10-12-11-24-19(25-13-4-6-14(7-5-13)33(23,31)32)26-16(12)28(15)20(17(30)27-29)8-2-1-3-9-20/h4-7,10-11,18H,1-3,8-9H2,(H,27,30)(H2,23,31,32)(H,24,25,26). The number of anilines is 3. The number of nitrogens with one attached hydrogen (secondary N) is 2. The average molecular weight is 477 g/mol. The molecule has 174 valence electrons. The Kier molecular flexibility index (Phi) is 4.97. The van der Waals surface area contributed by atoms with Crippen molar-refractivity contribution in [3.63, 3.8) is 0 Å². The maximum atomic E-state index is 13.7. The summed E-state index contributed by atoms with van der Waals surface area (Å²) in [6.07, 6.45) is 5.11. The maximum absolute atomic E-state index is 13.7. The number of hydrazine groups is 1. The van der Waals surface area contributed by atoms with Gasteiger partial charge in [0.05, 0.1) is 4.90 Å². The molecule has 1 aliphatic carbocycles. The van der Waals surface area contributed by atoms with E-state index in [1.807, 2.05) is 0 Å². The lowest BCUT2D eigenvalue weighted by Gasteiger charge is -2.45. The number of halogens is 2. The fourth-order valence-corrected chi connectivity index (χ4v) is 5.12. The Balaban J connectivity index is 1.59. The van der Waals surface area contributed by atoms with Gasteiger partial charge in [-0.3, -0.25) is 14.8 Å². The van der Waals surface area contributed by atoms with Gasteiger partial charge in [-0.2, -0.15) is 13.8 Å². The van der Waals surface area contributed by atoms with E-state index in [1.165, 1.54) is 30.5 Å². The zero-order valence-electron chi connectivity index (χ0n) is 17.3. The first-order chi connectivity index (χ1) is 15.7. The van der Waals surface area contributed by atoms with E-state index in [2.05, 4.69) is 20.7 Å². The van der Waals surface area contributed by atoms with Crippen LogP contribution in [0.5, 0.6) is 0 Å². The number of alkyl halides is 2. The highest BCUT2D eigenvalue weighted by Gasteiger charge is 2.49. The molecule has 13 heteroatoms. The van der Waals surface area contributed by atoms with Crippen LogP contribution in [0.3, 0.4) is 0 Å². The van der Waals surface area contributed by atoms with Crippen LogP contribution in [0, 0.1) is 0 Å². The Morgan fingerprint density at radius 2 is 1.85 bits per heavy atom. The highest BCUT2D eigenvalue weighted by molar-refractivity contribution is 7.89. The van der Waals surface area contributed by atoms with Gasteiger partial charge in [-0.05, 0) is 43.2 Å². The van der Waals surface area contributed by atoms with E-state index < -0.39 is 28.0 Å². The molecule has 0 atom stereocenters. The number of hydrogen-bond acceptors (Lipinski definition) is 7. The van der Waals surface area contributed by atoms with E-state index in [4.69, 9.17) is 5.14 Å². The number of carbonyl (C=O) groups excluding carboxylic acids is 1. The summed E-state index contributed by atoms with van der Waals surface area (Å²) in [7, 11) is -3.82. The summed E-state index contributed by atoms with van der Waals surface area (Å²) in [6.45, 7) is -2.93. The lowest BCUT2D eigenvalue weighted by Crippen LogP contribution is -2.62. The second kappa shape index (κ2) is 7.63. The molecule has 1 aliphatic heterocycles. The van der Waals surface area contributed by atoms with Crippen molar-refractivity contribution >= 4 is 44.4 Å². The van der Waals surface area contributed by atoms with Crippen molar-refractivity contribution in [1.29, 1.82) is 0 Å². The number of fused-ring (bicyclic) bond motifs is 4. The molecule has 10 nitrogen and oxygen atoms in total. The van der Waals surface area contributed by atoms with Crippen LogP contribution in [0.1, 0.15) is 32.1 Å². The zero-order valence-corrected chi connectivity index (χ0v) is 18.1. The van der Waals surface area contributed by atoms with Gasteiger partial charge in [0.2, 0.25) is 16.0 Å². The number of carbonyl (C=O) groups is 1. The molecule has 1 saturated carbocycles. The van der Waals surface area contributed by atoms with Gasteiger partial charge in [-0.25, -0.2) is 23.5 Å². The Hall–Kier alpha value is -3.32. The Labute approximate surface area is 187 Å². The fourth-order valence-electron chi connectivity index (χ4n) is 4.60. The first-order valence-electron chi connectivity index (χ1n) is 10.4. The predicted molar refractivity (Wildman–Crippen MR) is 116 cm³/mol. The van der Waals surface area contributed by atoms with Crippen molar-refractivity contribution in [3.05, 3.63) is 36.5 Å². The van der Waals surface area contributed by atoms with Crippen LogP contribution < -0.4 is 20.9 Å². The van der Waals surface area contributed by atoms with Gasteiger partial charge in [0, 0.05) is 17.3 Å². The van der Waals surface area contributed by atoms with Gasteiger partial charge < -0.3 is 5.32 Å². The van der Waals surface area contributed by atoms with E-state index >= 15 is 0 Å². The molecule has 3 aromatic rings. The van der Waals surface area contributed by atoms with E-state index in [9.17, 15) is 22.0 Å². The molecule has 33 heavy (non-hydrogen) atoms. The summed E-state index contributed by atoms with van der Waals surface area (Å²) in [4.78, 5) is 21.8. The van der Waals surface area contributed by atoms with E-state index in [-0.39, 0.29) is 16.7 Å². The monoisotopic (exact) mass is 477 g/mol. The molecule has 4 N–H and O–H groups in total. The Morgan fingerprint density at radius 3 is 2.48 bits per heavy atom. The molecule has 1 amide bonds. The molecule has 2 aliphatic rings. The highest BCUT2D eigenvalue weighted by Crippen LogP contribution is 2.44. The van der Waals surface area contributed by atoms with Crippen molar-refractivity contribution in [2.75, 3.05) is 10.3 Å². The molecule has 1 aromatic carbocycles. The van der Waals surface area contributed by atoms with Gasteiger partial charge in [-0.1, -0.05) is 19.3 Å². The molecule has 0 unspecified atom stereocenters. The summed E-state index contributed by atoms with van der Waals surface area (Å²) in [6, 6.07) is 7.25. The first kappa shape index (κ1) is 21.5. The minimum Gasteiger partial charge on any atom is -0.324 e. The average Bonchev–Trinajstić information content (AvgIpc) is 3.16. The number of amides is 1. The molecule has 2 aromatic heterocycles. The minimum absolute atomic E-state index is 0.0394. The van der Waals surface area contributed by atoms with Crippen LogP contribution in [-0.2, 0) is 20.4 Å². The summed E-state index contributed by atoms with van der Waals surface area (Å²) in [5.41, 5.74) is 2.24. The third-order valence-electron chi connectivity index (χ3n) is 6.16. The molecule has 0 saturated heterocycles. The molecular formula is C20H21F2N7O3S. The number of nitrogens with two attached hydrogens (primary N) is 1. The van der Waals surface area contributed by atoms with E-state index in [1.54, 1.807) is 10.6 Å². The topological polar surface area (TPSA) is 135 Å². The number of aromatic nitrogens is 3. The quantitative estimate of drug-likeness (QED) is 0.492. The third kappa shape index (κ3) is 3.56. The number of rotatable bonds is 4. The van der Waals surface area contributed by atoms with Crippen LogP contribution in [0.2, 0.25) is 0 Å². The van der Waals surface area contributed by atoms with Crippen molar-refractivity contribution in [2.45, 2.75) is 49.1 Å². The van der Waals surface area contributed by atoms with Gasteiger partial charge in [0.15, 0.2) is 0 Å². The number of hydrogen-bond donors (Lipinski definition) is 3. The van der Waals surface area contributed by atoms with Crippen LogP contribution in [0.4, 0.5) is 26.2 Å². The summed E-state index contributed by atoms with van der Waals surface area (Å²) in [5, 5.41) is 9.17. The number of benzene rings is 1. The Morgan fingerprint density at radius 1 is 1.15 bits per heavy atom. The second-order valence-corrected chi connectivity index (χ2v) is 9.75. The van der Waals surface area contributed by atoms with Crippen LogP contribution in [-0.4, -0.2) is 35.4 Å². The van der Waals surface area contributed by atoms with Crippen LogP contribution in [0.25, 0.3) is 11.0 Å². The molecule has 5 rings (SSSR count). The number of sulfonamides is 1. The van der Waals surface area contributed by atoms with Gasteiger partial charge in [0.25, 0.3) is 5.91 Å². The molecule has 0 radical (unpaired) electrons. The van der Waals surface area contributed by atoms with Crippen LogP contribution >= 0.6 is 0 Å². The highest BCUT2D eigenvalue weighted by atomic mass is 32.2. The second-order valence-electron chi connectivity index (χ2n) is 8.19. The smallest absolute Gasteiger partial charge is 0.324 e. The Bertz CT molecular complexity index is 1340. The summed E-state index contributed by atoms with van der Waals surface area (Å²) < 4.78 is 52.0. The number of nitrogens with zero attached hydrogens (tertiary/aromatic N) is 4.